The van der Waals surface area contributed by atoms with E-state index >= 15 is 0 Å². The average Bonchev–Trinajstić information content (AvgIpc) is 2.39. The van der Waals surface area contributed by atoms with Crippen LogP contribution in [0.15, 0.2) is 0 Å². The highest BCUT2D eigenvalue weighted by molar-refractivity contribution is 7.47. The number of carbonyl (C=O) groups is 4. The van der Waals surface area contributed by atoms with E-state index in [9.17, 15) is 43.2 Å². The Balaban J connectivity index is 5.15. The predicted molar refractivity (Wildman–Crippen MR) is 367 cm³/mol. The minimum absolute atomic E-state index is 0.102. The van der Waals surface area contributed by atoms with Crippen LogP contribution in [-0.4, -0.2) is 96.7 Å². The summed E-state index contributed by atoms with van der Waals surface area (Å²) in [5, 5.41) is 10.6. The highest BCUT2D eigenvalue weighted by Crippen LogP contribution is 2.45. The summed E-state index contributed by atoms with van der Waals surface area (Å²) >= 11 is 0. The molecule has 19 heteroatoms. The van der Waals surface area contributed by atoms with Gasteiger partial charge in [-0.25, -0.2) is 9.13 Å². The maximum atomic E-state index is 13.0. The summed E-state index contributed by atoms with van der Waals surface area (Å²) in [4.78, 5) is 72.5. The van der Waals surface area contributed by atoms with Crippen molar-refractivity contribution in [3.63, 3.8) is 0 Å². The molecule has 540 valence electrons. The molecule has 0 amide bonds. The Bertz CT molecular complexity index is 1800. The lowest BCUT2D eigenvalue weighted by atomic mass is 9.99. The monoisotopic (exact) mass is 1340 g/mol. The Morgan fingerprint density at radius 3 is 0.780 bits per heavy atom. The molecule has 0 aliphatic carbocycles. The fourth-order valence-electron chi connectivity index (χ4n) is 10.8. The van der Waals surface area contributed by atoms with Gasteiger partial charge in [0.15, 0.2) is 12.2 Å². The first-order valence-electron chi connectivity index (χ1n) is 37.2. The minimum Gasteiger partial charge on any atom is -0.462 e. The van der Waals surface area contributed by atoms with Gasteiger partial charge in [0, 0.05) is 25.7 Å². The van der Waals surface area contributed by atoms with Crippen molar-refractivity contribution in [1.82, 2.24) is 0 Å². The number of rotatable bonds is 69. The van der Waals surface area contributed by atoms with Gasteiger partial charge in [-0.05, 0) is 49.4 Å². The molecule has 6 atom stereocenters. The number of phosphoric acid groups is 2. The Kier molecular flexibility index (Phi) is 60.3. The average molecular weight is 1340 g/mol. The van der Waals surface area contributed by atoms with Crippen LogP contribution in [0.3, 0.4) is 0 Å². The molecule has 0 bridgehead atoms. The van der Waals surface area contributed by atoms with E-state index in [0.717, 1.165) is 108 Å². The normalized spacial score (nSPS) is 14.5. The van der Waals surface area contributed by atoms with E-state index in [1.54, 1.807) is 0 Å². The van der Waals surface area contributed by atoms with Crippen LogP contribution in [0.1, 0.15) is 357 Å². The van der Waals surface area contributed by atoms with Crippen LogP contribution in [0.25, 0.3) is 0 Å². The smallest absolute Gasteiger partial charge is 0.462 e. The van der Waals surface area contributed by atoms with Gasteiger partial charge in [-0.2, -0.15) is 0 Å². The molecule has 17 nitrogen and oxygen atoms in total. The molecule has 3 unspecified atom stereocenters. The molecule has 3 N–H and O–H groups in total. The molecule has 0 aliphatic heterocycles. The van der Waals surface area contributed by atoms with Gasteiger partial charge in [0.2, 0.25) is 0 Å². The molecule has 0 aromatic rings. The van der Waals surface area contributed by atoms with E-state index in [4.69, 9.17) is 37.0 Å². The highest BCUT2D eigenvalue weighted by Gasteiger charge is 2.30. The SMILES string of the molecule is CCC(C)CCCCCCCCCCCCC(=O)O[C@H](COC(=O)CCCCCCCCC(C)C)COP(=O)(O)OC[C@H](O)COP(=O)(O)OC[C@@H](COC(=O)CCCCCCCCCCCCCCCCCCC(C)C)OC(=O)CCCCCCCCC(C)C. The third-order valence-corrected chi connectivity index (χ3v) is 18.8. The van der Waals surface area contributed by atoms with E-state index in [1.807, 2.05) is 0 Å². The number of aliphatic hydroxyl groups excluding tert-OH is 1. The number of phosphoric ester groups is 2. The van der Waals surface area contributed by atoms with Crippen molar-refractivity contribution in [1.29, 1.82) is 0 Å². The topological polar surface area (TPSA) is 237 Å². The van der Waals surface area contributed by atoms with Gasteiger partial charge in [-0.3, -0.25) is 37.3 Å². The predicted octanol–water partition coefficient (Wildman–Crippen LogP) is 20.5. The van der Waals surface area contributed by atoms with Crippen molar-refractivity contribution < 1.29 is 80.2 Å². The summed E-state index contributed by atoms with van der Waals surface area (Å²) < 4.78 is 68.3. The molecule has 0 aromatic heterocycles. The van der Waals surface area contributed by atoms with Gasteiger partial charge in [-0.15, -0.1) is 0 Å². The molecular weight excluding hydrogens is 1200 g/mol. The molecule has 0 saturated heterocycles. The number of carbonyl (C=O) groups excluding carboxylic acids is 4. The second-order valence-electron chi connectivity index (χ2n) is 27.6. The number of hydrogen-bond acceptors (Lipinski definition) is 15. The highest BCUT2D eigenvalue weighted by atomic mass is 31.2. The Hall–Kier alpha value is -1.94. The summed E-state index contributed by atoms with van der Waals surface area (Å²) in [7, 11) is -9.90. The zero-order valence-corrected chi connectivity index (χ0v) is 61.3. The van der Waals surface area contributed by atoms with Crippen molar-refractivity contribution in [3.8, 4) is 0 Å². The van der Waals surface area contributed by atoms with Crippen molar-refractivity contribution in [2.45, 2.75) is 375 Å². The van der Waals surface area contributed by atoms with E-state index < -0.39 is 97.5 Å². The fourth-order valence-corrected chi connectivity index (χ4v) is 12.4. The Morgan fingerprint density at radius 1 is 0.308 bits per heavy atom. The van der Waals surface area contributed by atoms with Crippen LogP contribution >= 0.6 is 15.6 Å². The maximum absolute atomic E-state index is 13.0. The van der Waals surface area contributed by atoms with Gasteiger partial charge in [0.05, 0.1) is 26.4 Å². The largest absolute Gasteiger partial charge is 0.472 e. The molecular formula is C72H140O17P2. The van der Waals surface area contributed by atoms with Crippen molar-refractivity contribution in [2.75, 3.05) is 39.6 Å². The summed E-state index contributed by atoms with van der Waals surface area (Å²) in [5.74, 6) is 0.831. The second-order valence-corrected chi connectivity index (χ2v) is 30.6. The second kappa shape index (κ2) is 61.6. The lowest BCUT2D eigenvalue weighted by molar-refractivity contribution is -0.161. The summed E-state index contributed by atoms with van der Waals surface area (Å²) in [6, 6.07) is 0. The van der Waals surface area contributed by atoms with Gasteiger partial charge < -0.3 is 33.8 Å². The van der Waals surface area contributed by atoms with Crippen molar-refractivity contribution in [2.24, 2.45) is 23.7 Å². The first-order valence-corrected chi connectivity index (χ1v) is 40.2. The molecule has 0 fully saturated rings. The van der Waals surface area contributed by atoms with Gasteiger partial charge in [0.1, 0.15) is 19.3 Å². The molecule has 0 heterocycles. The first-order chi connectivity index (χ1) is 43.6. The number of hydrogen-bond donors (Lipinski definition) is 3. The fraction of sp³-hybridized carbons (Fsp3) is 0.944. The van der Waals surface area contributed by atoms with E-state index in [1.165, 1.54) is 154 Å². The van der Waals surface area contributed by atoms with Crippen LogP contribution in [0.4, 0.5) is 0 Å². The molecule has 0 aliphatic rings. The molecule has 0 spiro atoms. The van der Waals surface area contributed by atoms with Crippen LogP contribution < -0.4 is 0 Å². The number of unbranched alkanes of at least 4 members (excludes halogenated alkanes) is 34. The third kappa shape index (κ3) is 65.1. The first kappa shape index (κ1) is 89.1. The Labute approximate surface area is 556 Å². The standard InChI is InChI=1S/C72H140O17P2/c1-9-65(8)51-43-35-25-21-18-19-23-27-38-46-54-71(76)88-67(59-83-70(75)53-45-37-30-28-33-41-49-63(4)5)60-86-90(78,79)84-56-66(73)57-85-91(80,81)87-61-68(89-72(77)55-47-39-31-29-34-42-50-64(6)7)58-82-69(74)52-44-36-26-22-17-15-13-11-10-12-14-16-20-24-32-40-48-62(2)3/h62-68,73H,9-61H2,1-8H3,(H,78,79)(H,80,81)/t65?,66-,67+,68+/m0/s1. The van der Waals surface area contributed by atoms with Gasteiger partial charge in [-0.1, -0.05) is 306 Å². The molecule has 0 saturated carbocycles. The number of aliphatic hydroxyl groups is 1. The summed E-state index contributed by atoms with van der Waals surface area (Å²) in [5.41, 5.74) is 0. The van der Waals surface area contributed by atoms with Crippen LogP contribution in [0.5, 0.6) is 0 Å². The van der Waals surface area contributed by atoms with Gasteiger partial charge >= 0.3 is 39.5 Å². The molecule has 91 heavy (non-hydrogen) atoms. The van der Waals surface area contributed by atoms with E-state index in [-0.39, 0.29) is 25.7 Å². The molecule has 0 rings (SSSR count). The molecule has 0 radical (unpaired) electrons. The zero-order valence-electron chi connectivity index (χ0n) is 59.5. The zero-order chi connectivity index (χ0) is 67.5. The maximum Gasteiger partial charge on any atom is 0.472 e. The summed E-state index contributed by atoms with van der Waals surface area (Å²) in [6.45, 7) is 14.0. The van der Waals surface area contributed by atoms with Crippen molar-refractivity contribution in [3.05, 3.63) is 0 Å². The Morgan fingerprint density at radius 2 is 0.527 bits per heavy atom. The van der Waals surface area contributed by atoms with Crippen LogP contribution in [0.2, 0.25) is 0 Å². The summed E-state index contributed by atoms with van der Waals surface area (Å²) in [6.07, 6.45) is 44.8. The van der Waals surface area contributed by atoms with Crippen LogP contribution in [0, 0.1) is 23.7 Å². The lowest BCUT2D eigenvalue weighted by Crippen LogP contribution is -2.30. The minimum atomic E-state index is -4.95. The lowest BCUT2D eigenvalue weighted by Gasteiger charge is -2.21. The van der Waals surface area contributed by atoms with Crippen LogP contribution in [-0.2, 0) is 65.4 Å². The van der Waals surface area contributed by atoms with Gasteiger partial charge in [0.25, 0.3) is 0 Å². The third-order valence-electron chi connectivity index (χ3n) is 16.9. The van der Waals surface area contributed by atoms with E-state index in [2.05, 4.69) is 55.4 Å². The quantitative estimate of drug-likeness (QED) is 0.0222. The number of ether oxygens (including phenoxy) is 4. The van der Waals surface area contributed by atoms with Crippen molar-refractivity contribution >= 4 is 39.5 Å². The van der Waals surface area contributed by atoms with E-state index in [0.29, 0.717) is 37.5 Å². The molecule has 0 aromatic carbocycles. The number of esters is 4.